The number of rotatable bonds is 2. The molecular formula is C17H18O4. The lowest BCUT2D eigenvalue weighted by Crippen LogP contribution is -2.55. The Morgan fingerprint density at radius 3 is 2.95 bits per heavy atom. The van der Waals surface area contributed by atoms with E-state index in [2.05, 4.69) is 0 Å². The van der Waals surface area contributed by atoms with Gasteiger partial charge in [0.2, 0.25) is 0 Å². The Morgan fingerprint density at radius 2 is 2.19 bits per heavy atom. The van der Waals surface area contributed by atoms with Crippen LogP contribution in [0.5, 0.6) is 5.75 Å². The summed E-state index contributed by atoms with van der Waals surface area (Å²) in [6, 6.07) is 7.42. The molecule has 0 saturated heterocycles. The smallest absolute Gasteiger partial charge is 0.330 e. The van der Waals surface area contributed by atoms with Crippen molar-refractivity contribution in [1.29, 1.82) is 0 Å². The van der Waals surface area contributed by atoms with E-state index in [9.17, 15) is 9.59 Å². The standard InChI is InChI=1S/C17H18O4/c1-3-20-15(18)17-11(2)7-6-9-13(17)12-8-4-5-10-14(12)21-16(17)19/h4-8,10-11,13H,3,9H2,1-2H3/t11-,13-,17-/m0/s1. The molecule has 2 aliphatic rings. The zero-order valence-corrected chi connectivity index (χ0v) is 12.2. The van der Waals surface area contributed by atoms with Crippen molar-refractivity contribution in [2.45, 2.75) is 26.2 Å². The second kappa shape index (κ2) is 5.02. The number of ether oxygens (including phenoxy) is 2. The highest BCUT2D eigenvalue weighted by molar-refractivity contribution is 6.04. The summed E-state index contributed by atoms with van der Waals surface area (Å²) in [4.78, 5) is 25.3. The predicted molar refractivity (Wildman–Crippen MR) is 76.8 cm³/mol. The molecule has 0 aromatic heterocycles. The van der Waals surface area contributed by atoms with Gasteiger partial charge in [-0.05, 0) is 19.4 Å². The van der Waals surface area contributed by atoms with E-state index in [-0.39, 0.29) is 18.4 Å². The first kappa shape index (κ1) is 13.9. The van der Waals surface area contributed by atoms with Crippen LogP contribution in [0.15, 0.2) is 36.4 Å². The second-order valence-electron chi connectivity index (χ2n) is 5.52. The lowest BCUT2D eigenvalue weighted by molar-refractivity contribution is -0.174. The van der Waals surface area contributed by atoms with Crippen molar-refractivity contribution in [3.8, 4) is 5.75 Å². The molecule has 0 amide bonds. The van der Waals surface area contributed by atoms with Gasteiger partial charge < -0.3 is 9.47 Å². The van der Waals surface area contributed by atoms with Gasteiger partial charge in [-0.25, -0.2) is 0 Å². The molecule has 0 radical (unpaired) electrons. The number of fused-ring (bicyclic) bond motifs is 3. The SMILES string of the molecule is CCOC(=O)[C@@]12C(=O)Oc3ccccc3[C@@H]1CC=C[C@@H]2C. The van der Waals surface area contributed by atoms with E-state index in [4.69, 9.17) is 9.47 Å². The molecule has 1 aliphatic heterocycles. The Kier molecular flexibility index (Phi) is 3.32. The van der Waals surface area contributed by atoms with Crippen molar-refractivity contribution in [3.05, 3.63) is 42.0 Å². The molecule has 0 saturated carbocycles. The number of hydrogen-bond acceptors (Lipinski definition) is 4. The van der Waals surface area contributed by atoms with E-state index >= 15 is 0 Å². The fourth-order valence-corrected chi connectivity index (χ4v) is 3.48. The Hall–Kier alpha value is -2.10. The number of allylic oxidation sites excluding steroid dienone is 2. The zero-order chi connectivity index (χ0) is 15.0. The van der Waals surface area contributed by atoms with Crippen molar-refractivity contribution >= 4 is 11.9 Å². The maximum Gasteiger partial charge on any atom is 0.330 e. The van der Waals surface area contributed by atoms with Crippen molar-refractivity contribution in [3.63, 3.8) is 0 Å². The topological polar surface area (TPSA) is 52.6 Å². The van der Waals surface area contributed by atoms with Gasteiger partial charge in [-0.15, -0.1) is 0 Å². The van der Waals surface area contributed by atoms with Crippen LogP contribution in [0, 0.1) is 11.3 Å². The van der Waals surface area contributed by atoms with Gasteiger partial charge in [-0.1, -0.05) is 37.3 Å². The number of carbonyl (C=O) groups is 2. The first-order valence-electron chi connectivity index (χ1n) is 7.27. The molecule has 4 heteroatoms. The van der Waals surface area contributed by atoms with Gasteiger partial charge in [-0.2, -0.15) is 0 Å². The lowest BCUT2D eigenvalue weighted by Gasteiger charge is -2.44. The van der Waals surface area contributed by atoms with E-state index in [1.807, 2.05) is 37.3 Å². The summed E-state index contributed by atoms with van der Waals surface area (Å²) in [6.07, 6.45) is 4.57. The van der Waals surface area contributed by atoms with E-state index in [0.29, 0.717) is 12.2 Å². The van der Waals surface area contributed by atoms with Crippen LogP contribution in [0.1, 0.15) is 31.7 Å². The largest absolute Gasteiger partial charge is 0.465 e. The number of para-hydroxylation sites is 1. The fraction of sp³-hybridized carbons (Fsp3) is 0.412. The molecule has 1 aromatic rings. The van der Waals surface area contributed by atoms with Crippen molar-refractivity contribution in [2.24, 2.45) is 11.3 Å². The molecule has 0 bridgehead atoms. The normalized spacial score (nSPS) is 30.1. The minimum Gasteiger partial charge on any atom is -0.465 e. The van der Waals surface area contributed by atoms with Gasteiger partial charge in [0, 0.05) is 17.4 Å². The summed E-state index contributed by atoms with van der Waals surface area (Å²) in [6.45, 7) is 3.86. The molecule has 1 heterocycles. The van der Waals surface area contributed by atoms with Crippen molar-refractivity contribution in [2.75, 3.05) is 6.61 Å². The maximum absolute atomic E-state index is 12.7. The molecule has 110 valence electrons. The van der Waals surface area contributed by atoms with Crippen molar-refractivity contribution < 1.29 is 19.1 Å². The highest BCUT2D eigenvalue weighted by Crippen LogP contribution is 2.54. The third kappa shape index (κ3) is 1.82. The first-order valence-corrected chi connectivity index (χ1v) is 7.27. The first-order chi connectivity index (χ1) is 10.1. The third-order valence-electron chi connectivity index (χ3n) is 4.51. The second-order valence-corrected chi connectivity index (χ2v) is 5.52. The van der Waals surface area contributed by atoms with Crippen LogP contribution in [0.4, 0.5) is 0 Å². The van der Waals surface area contributed by atoms with Gasteiger partial charge in [0.15, 0.2) is 5.41 Å². The average molecular weight is 286 g/mol. The van der Waals surface area contributed by atoms with E-state index in [1.54, 1.807) is 13.0 Å². The molecule has 3 rings (SSSR count). The Bertz CT molecular complexity index is 619. The van der Waals surface area contributed by atoms with Crippen LogP contribution in [0.2, 0.25) is 0 Å². The average Bonchev–Trinajstić information content (AvgIpc) is 2.47. The molecule has 1 aliphatic carbocycles. The summed E-state index contributed by atoms with van der Waals surface area (Å²) >= 11 is 0. The number of carbonyl (C=O) groups excluding carboxylic acids is 2. The predicted octanol–water partition coefficient (Wildman–Crippen LogP) is 2.83. The summed E-state index contributed by atoms with van der Waals surface area (Å²) in [5, 5.41) is 0. The monoisotopic (exact) mass is 286 g/mol. The van der Waals surface area contributed by atoms with Crippen LogP contribution >= 0.6 is 0 Å². The minimum atomic E-state index is -1.26. The lowest BCUT2D eigenvalue weighted by atomic mass is 9.60. The van der Waals surface area contributed by atoms with Gasteiger partial charge in [-0.3, -0.25) is 9.59 Å². The van der Waals surface area contributed by atoms with Gasteiger partial charge in [0.1, 0.15) is 5.75 Å². The number of hydrogen-bond donors (Lipinski definition) is 0. The van der Waals surface area contributed by atoms with Crippen molar-refractivity contribution in [1.82, 2.24) is 0 Å². The molecular weight excluding hydrogens is 268 g/mol. The quantitative estimate of drug-likeness (QED) is 0.363. The molecule has 0 unspecified atom stereocenters. The third-order valence-corrected chi connectivity index (χ3v) is 4.51. The minimum absolute atomic E-state index is 0.228. The van der Waals surface area contributed by atoms with Crippen LogP contribution in [0.3, 0.4) is 0 Å². The molecule has 1 aromatic carbocycles. The fourth-order valence-electron chi connectivity index (χ4n) is 3.48. The van der Waals surface area contributed by atoms with E-state index in [1.165, 1.54) is 0 Å². The molecule has 21 heavy (non-hydrogen) atoms. The summed E-state index contributed by atoms with van der Waals surface area (Å²) in [5.41, 5.74) is -0.361. The molecule has 0 spiro atoms. The highest BCUT2D eigenvalue weighted by Gasteiger charge is 2.61. The van der Waals surface area contributed by atoms with E-state index in [0.717, 1.165) is 5.56 Å². The van der Waals surface area contributed by atoms with Crippen LogP contribution < -0.4 is 4.74 Å². The Labute approximate surface area is 123 Å². The van der Waals surface area contributed by atoms with E-state index < -0.39 is 17.4 Å². The summed E-state index contributed by atoms with van der Waals surface area (Å²) < 4.78 is 10.7. The molecule has 0 N–H and O–H groups in total. The van der Waals surface area contributed by atoms with Crippen LogP contribution in [0.25, 0.3) is 0 Å². The maximum atomic E-state index is 12.7. The zero-order valence-electron chi connectivity index (χ0n) is 12.2. The van der Waals surface area contributed by atoms with Gasteiger partial charge in [0.25, 0.3) is 0 Å². The van der Waals surface area contributed by atoms with Gasteiger partial charge in [0.05, 0.1) is 6.61 Å². The number of esters is 2. The summed E-state index contributed by atoms with van der Waals surface area (Å²) in [7, 11) is 0. The molecule has 0 fully saturated rings. The Morgan fingerprint density at radius 1 is 1.43 bits per heavy atom. The Balaban J connectivity index is 2.19. The van der Waals surface area contributed by atoms with Crippen LogP contribution in [-0.2, 0) is 14.3 Å². The molecule has 4 nitrogen and oxygen atoms in total. The summed E-state index contributed by atoms with van der Waals surface area (Å²) in [5.74, 6) is -0.909. The molecule has 3 atom stereocenters. The number of benzene rings is 1. The van der Waals surface area contributed by atoms with Gasteiger partial charge >= 0.3 is 11.9 Å². The highest BCUT2D eigenvalue weighted by atomic mass is 16.6. The van der Waals surface area contributed by atoms with Crippen LogP contribution in [-0.4, -0.2) is 18.5 Å².